The maximum absolute atomic E-state index is 12.8. The highest BCUT2D eigenvalue weighted by Crippen LogP contribution is 2.63. The van der Waals surface area contributed by atoms with Gasteiger partial charge in [-0.1, -0.05) is 30.3 Å². The van der Waals surface area contributed by atoms with Gasteiger partial charge in [0.05, 0.1) is 18.7 Å². The molecule has 4 fully saturated rings. The van der Waals surface area contributed by atoms with Crippen LogP contribution in [0.3, 0.4) is 0 Å². The van der Waals surface area contributed by atoms with Gasteiger partial charge in [0.25, 0.3) is 0 Å². The summed E-state index contributed by atoms with van der Waals surface area (Å²) in [5, 5.41) is 10.5. The molecular weight excluding hydrogens is 412 g/mol. The number of ether oxygens (including phenoxy) is 1. The molecule has 1 N–H and O–H groups in total. The van der Waals surface area contributed by atoms with Gasteiger partial charge in [0.15, 0.2) is 0 Å². The number of hydrogen-bond acceptors (Lipinski definition) is 3. The van der Waals surface area contributed by atoms with E-state index in [1.165, 1.54) is 22.3 Å². The predicted octanol–water partition coefficient (Wildman–Crippen LogP) is 5.59. The Balaban J connectivity index is 1.35. The third-order valence-corrected chi connectivity index (χ3v) is 8.78. The first-order valence-corrected chi connectivity index (χ1v) is 12.7. The lowest BCUT2D eigenvalue weighted by molar-refractivity contribution is -0.0243. The van der Waals surface area contributed by atoms with E-state index >= 15 is 0 Å². The van der Waals surface area contributed by atoms with Crippen molar-refractivity contribution in [3.05, 3.63) is 53.6 Å². The molecule has 2 aromatic carbocycles. The molecule has 3 saturated heterocycles. The summed E-state index contributed by atoms with van der Waals surface area (Å²) in [4.78, 5) is 17.2. The highest BCUT2D eigenvalue weighted by Gasteiger charge is 2.57. The highest BCUT2D eigenvalue weighted by atomic mass is 16.5. The number of hydrogen-bond donors (Lipinski definition) is 1. The van der Waals surface area contributed by atoms with Crippen molar-refractivity contribution in [2.24, 2.45) is 11.3 Å². The SMILES string of the molecule is CCOc1ccc(-c2ccc3c(c2)CCC2(CC2)[C@@H]3N(C(=O)O)C2CN3CCC2CC3)cc1. The Kier molecular flexibility index (Phi) is 5.13. The van der Waals surface area contributed by atoms with Gasteiger partial charge in [0.2, 0.25) is 0 Å². The standard InChI is InChI=1S/C28H34N2O3/c1-2-33-23-6-3-19(4-7-23)21-5-8-24-22(17-21)9-12-28(13-14-28)26(24)30(27(31)32)25-18-29-15-10-20(25)11-16-29/h3-8,17,20,25-26H,2,9-16,18H2,1H3,(H,31,32)/t25?,26-/m1/s1. The van der Waals surface area contributed by atoms with E-state index in [9.17, 15) is 9.90 Å². The van der Waals surface area contributed by atoms with E-state index in [0.29, 0.717) is 12.5 Å². The minimum absolute atomic E-state index is 0.00122. The van der Waals surface area contributed by atoms with E-state index in [-0.39, 0.29) is 17.5 Å². The summed E-state index contributed by atoms with van der Waals surface area (Å²) in [6, 6.07) is 15.2. The zero-order valence-electron chi connectivity index (χ0n) is 19.5. The lowest BCUT2D eigenvalue weighted by Crippen LogP contribution is -2.60. The molecule has 1 amide bonds. The Morgan fingerprint density at radius 2 is 1.82 bits per heavy atom. The molecular formula is C28H34N2O3. The fourth-order valence-corrected chi connectivity index (χ4v) is 6.85. The Morgan fingerprint density at radius 1 is 1.09 bits per heavy atom. The normalized spacial score (nSPS) is 28.9. The lowest BCUT2D eigenvalue weighted by Gasteiger charge is -2.52. The van der Waals surface area contributed by atoms with Gasteiger partial charge < -0.3 is 14.7 Å². The van der Waals surface area contributed by atoms with Gasteiger partial charge in [-0.15, -0.1) is 0 Å². The Bertz CT molecular complexity index is 1040. The second-order valence-electron chi connectivity index (χ2n) is 10.5. The maximum Gasteiger partial charge on any atom is 0.408 e. The van der Waals surface area contributed by atoms with Crippen LogP contribution in [-0.2, 0) is 6.42 Å². The number of rotatable bonds is 5. The van der Waals surface area contributed by atoms with Crippen LogP contribution < -0.4 is 4.74 Å². The van der Waals surface area contributed by atoms with E-state index in [4.69, 9.17) is 4.74 Å². The third kappa shape index (κ3) is 3.61. The summed E-state index contributed by atoms with van der Waals surface area (Å²) in [7, 11) is 0. The molecule has 0 aromatic heterocycles. The van der Waals surface area contributed by atoms with Crippen LogP contribution >= 0.6 is 0 Å². The van der Waals surface area contributed by atoms with Crippen LogP contribution in [0, 0.1) is 11.3 Å². The van der Waals surface area contributed by atoms with Gasteiger partial charge in [0, 0.05) is 6.54 Å². The van der Waals surface area contributed by atoms with Crippen molar-refractivity contribution in [2.45, 2.75) is 57.5 Å². The quantitative estimate of drug-likeness (QED) is 0.650. The molecule has 5 nitrogen and oxygen atoms in total. The van der Waals surface area contributed by atoms with Crippen LogP contribution in [0.5, 0.6) is 5.75 Å². The largest absolute Gasteiger partial charge is 0.494 e. The van der Waals surface area contributed by atoms with E-state index in [0.717, 1.165) is 63.9 Å². The minimum atomic E-state index is -0.728. The van der Waals surface area contributed by atoms with Gasteiger partial charge in [-0.2, -0.15) is 0 Å². The topological polar surface area (TPSA) is 53.0 Å². The Morgan fingerprint density at radius 3 is 2.42 bits per heavy atom. The average molecular weight is 447 g/mol. The molecule has 3 heterocycles. The molecule has 0 radical (unpaired) electrons. The number of carboxylic acid groups (broad SMARTS) is 1. The van der Waals surface area contributed by atoms with Crippen LogP contribution in [0.1, 0.15) is 56.2 Å². The molecule has 174 valence electrons. The van der Waals surface area contributed by atoms with Crippen LogP contribution in [0.25, 0.3) is 11.1 Å². The molecule has 5 aliphatic rings. The summed E-state index contributed by atoms with van der Waals surface area (Å²) >= 11 is 0. The molecule has 2 aliphatic carbocycles. The van der Waals surface area contributed by atoms with E-state index < -0.39 is 6.09 Å². The maximum atomic E-state index is 12.8. The summed E-state index contributed by atoms with van der Waals surface area (Å²) in [5.41, 5.74) is 5.12. The number of nitrogens with zero attached hydrogens (tertiary/aromatic N) is 2. The van der Waals surface area contributed by atoms with Crippen molar-refractivity contribution in [2.75, 3.05) is 26.2 Å². The fourth-order valence-electron chi connectivity index (χ4n) is 6.85. The third-order valence-electron chi connectivity index (χ3n) is 8.78. The molecule has 7 rings (SSSR count). The van der Waals surface area contributed by atoms with Gasteiger partial charge in [0.1, 0.15) is 5.75 Å². The summed E-state index contributed by atoms with van der Waals surface area (Å²) in [5.74, 6) is 1.40. The number of amides is 1. The molecule has 33 heavy (non-hydrogen) atoms. The molecule has 3 aliphatic heterocycles. The summed E-state index contributed by atoms with van der Waals surface area (Å²) < 4.78 is 5.59. The van der Waals surface area contributed by atoms with Crippen molar-refractivity contribution in [3.8, 4) is 16.9 Å². The molecule has 2 bridgehead atoms. The van der Waals surface area contributed by atoms with Crippen molar-refractivity contribution in [3.63, 3.8) is 0 Å². The predicted molar refractivity (Wildman–Crippen MR) is 129 cm³/mol. The van der Waals surface area contributed by atoms with Crippen LogP contribution in [-0.4, -0.2) is 53.3 Å². The zero-order valence-corrected chi connectivity index (χ0v) is 19.5. The molecule has 2 atom stereocenters. The van der Waals surface area contributed by atoms with E-state index in [2.05, 4.69) is 35.2 Å². The van der Waals surface area contributed by atoms with Gasteiger partial charge in [-0.25, -0.2) is 4.79 Å². The first kappa shape index (κ1) is 21.0. The van der Waals surface area contributed by atoms with Crippen LogP contribution in [0.15, 0.2) is 42.5 Å². The Hall–Kier alpha value is -2.53. The van der Waals surface area contributed by atoms with Crippen LogP contribution in [0.2, 0.25) is 0 Å². The van der Waals surface area contributed by atoms with Crippen LogP contribution in [0.4, 0.5) is 4.79 Å². The second kappa shape index (κ2) is 8.05. The molecule has 1 saturated carbocycles. The van der Waals surface area contributed by atoms with Gasteiger partial charge >= 0.3 is 6.09 Å². The second-order valence-corrected chi connectivity index (χ2v) is 10.5. The average Bonchev–Trinajstić information content (AvgIpc) is 3.62. The summed E-state index contributed by atoms with van der Waals surface area (Å²) in [6.45, 7) is 5.83. The van der Waals surface area contributed by atoms with E-state index in [1.807, 2.05) is 24.0 Å². The minimum Gasteiger partial charge on any atom is -0.494 e. The van der Waals surface area contributed by atoms with Gasteiger partial charge in [-0.05, 0) is 104 Å². The smallest absolute Gasteiger partial charge is 0.408 e. The summed E-state index contributed by atoms with van der Waals surface area (Å²) in [6.07, 6.45) is 6.00. The fraction of sp³-hybridized carbons (Fsp3) is 0.536. The number of carbonyl (C=O) groups is 1. The Labute approximate surface area is 196 Å². The number of benzene rings is 2. The van der Waals surface area contributed by atoms with Crippen molar-refractivity contribution in [1.29, 1.82) is 0 Å². The molecule has 1 unspecified atom stereocenters. The molecule has 1 spiro atoms. The van der Waals surface area contributed by atoms with E-state index in [1.54, 1.807) is 0 Å². The number of aryl methyl sites for hydroxylation is 1. The monoisotopic (exact) mass is 446 g/mol. The van der Waals surface area contributed by atoms with Crippen molar-refractivity contribution < 1.29 is 14.6 Å². The van der Waals surface area contributed by atoms with Crippen molar-refractivity contribution in [1.82, 2.24) is 9.80 Å². The first-order valence-electron chi connectivity index (χ1n) is 12.7. The lowest BCUT2D eigenvalue weighted by atomic mass is 9.73. The zero-order chi connectivity index (χ0) is 22.6. The first-order chi connectivity index (χ1) is 16.1. The molecule has 2 aromatic rings. The number of piperidine rings is 3. The van der Waals surface area contributed by atoms with Gasteiger partial charge in [-0.3, -0.25) is 4.90 Å². The highest BCUT2D eigenvalue weighted by molar-refractivity contribution is 5.69. The van der Waals surface area contributed by atoms with Crippen molar-refractivity contribution >= 4 is 6.09 Å². The molecule has 5 heteroatoms. The number of fused-ring (bicyclic) bond motifs is 4.